The van der Waals surface area contributed by atoms with Gasteiger partial charge in [-0.05, 0) is 13.5 Å². The molecule has 0 aromatic carbocycles. The van der Waals surface area contributed by atoms with E-state index in [9.17, 15) is 0 Å². The summed E-state index contributed by atoms with van der Waals surface area (Å²) in [5, 5.41) is 3.33. The predicted octanol–water partition coefficient (Wildman–Crippen LogP) is -0.0403. The van der Waals surface area contributed by atoms with Gasteiger partial charge < -0.3 is 24.4 Å². The standard InChI is InChI=1S/C12H26N2O3/c1-14(5-9-16-7-3-6-15-2)11-12-10-13-4-8-17-12/h12-13H,3-11H2,1-2H3. The highest BCUT2D eigenvalue weighted by atomic mass is 16.5. The van der Waals surface area contributed by atoms with E-state index in [-0.39, 0.29) is 0 Å². The molecule has 17 heavy (non-hydrogen) atoms. The number of ether oxygens (including phenoxy) is 3. The van der Waals surface area contributed by atoms with Crippen LogP contribution in [-0.4, -0.2) is 77.8 Å². The van der Waals surface area contributed by atoms with Crippen LogP contribution in [-0.2, 0) is 14.2 Å². The van der Waals surface area contributed by atoms with Gasteiger partial charge in [0.1, 0.15) is 0 Å². The van der Waals surface area contributed by atoms with Gasteiger partial charge >= 0.3 is 0 Å². The van der Waals surface area contributed by atoms with Crippen molar-refractivity contribution in [3.05, 3.63) is 0 Å². The first-order valence-corrected chi connectivity index (χ1v) is 6.40. The van der Waals surface area contributed by atoms with Crippen molar-refractivity contribution in [2.45, 2.75) is 12.5 Å². The smallest absolute Gasteiger partial charge is 0.0826 e. The molecule has 5 nitrogen and oxygen atoms in total. The quantitative estimate of drug-likeness (QED) is 0.578. The molecule has 0 aromatic rings. The predicted molar refractivity (Wildman–Crippen MR) is 67.4 cm³/mol. The van der Waals surface area contributed by atoms with Crippen LogP contribution in [0.15, 0.2) is 0 Å². The highest BCUT2D eigenvalue weighted by molar-refractivity contribution is 4.70. The normalized spacial score (nSPS) is 21.0. The Morgan fingerprint density at radius 1 is 1.35 bits per heavy atom. The van der Waals surface area contributed by atoms with Crippen molar-refractivity contribution in [2.24, 2.45) is 0 Å². The van der Waals surface area contributed by atoms with Crippen molar-refractivity contribution < 1.29 is 14.2 Å². The highest BCUT2D eigenvalue weighted by Crippen LogP contribution is 1.98. The summed E-state index contributed by atoms with van der Waals surface area (Å²) in [5.41, 5.74) is 0. The lowest BCUT2D eigenvalue weighted by Gasteiger charge is -2.27. The van der Waals surface area contributed by atoms with Crippen LogP contribution in [0, 0.1) is 0 Å². The average molecular weight is 246 g/mol. The van der Waals surface area contributed by atoms with E-state index in [1.165, 1.54) is 0 Å². The molecular weight excluding hydrogens is 220 g/mol. The van der Waals surface area contributed by atoms with Gasteiger partial charge in [0.05, 0.1) is 19.3 Å². The van der Waals surface area contributed by atoms with Crippen molar-refractivity contribution in [3.8, 4) is 0 Å². The molecule has 0 aromatic heterocycles. The Morgan fingerprint density at radius 2 is 2.24 bits per heavy atom. The molecule has 1 atom stereocenters. The zero-order valence-corrected chi connectivity index (χ0v) is 11.1. The summed E-state index contributed by atoms with van der Waals surface area (Å²) < 4.78 is 16.1. The SMILES string of the molecule is COCCCOCCN(C)CC1CNCCO1. The van der Waals surface area contributed by atoms with Crippen molar-refractivity contribution in [1.29, 1.82) is 0 Å². The van der Waals surface area contributed by atoms with E-state index in [0.29, 0.717) is 6.10 Å². The highest BCUT2D eigenvalue weighted by Gasteiger charge is 2.14. The molecule has 0 spiro atoms. The van der Waals surface area contributed by atoms with Crippen LogP contribution in [0.5, 0.6) is 0 Å². The molecule has 0 amide bonds. The zero-order valence-electron chi connectivity index (χ0n) is 11.1. The van der Waals surface area contributed by atoms with Crippen LogP contribution in [0.25, 0.3) is 0 Å². The second-order valence-electron chi connectivity index (χ2n) is 4.42. The second kappa shape index (κ2) is 9.79. The van der Waals surface area contributed by atoms with Gasteiger partial charge in [-0.1, -0.05) is 0 Å². The van der Waals surface area contributed by atoms with E-state index in [1.807, 2.05) is 0 Å². The van der Waals surface area contributed by atoms with Gasteiger partial charge in [-0.15, -0.1) is 0 Å². The van der Waals surface area contributed by atoms with E-state index in [0.717, 1.165) is 59.0 Å². The van der Waals surface area contributed by atoms with E-state index < -0.39 is 0 Å². The maximum absolute atomic E-state index is 5.65. The summed E-state index contributed by atoms with van der Waals surface area (Å²) in [7, 11) is 3.82. The molecule has 1 unspecified atom stereocenters. The molecule has 0 bridgehead atoms. The molecule has 5 heteroatoms. The van der Waals surface area contributed by atoms with Gasteiger partial charge in [-0.3, -0.25) is 0 Å². The first-order chi connectivity index (χ1) is 8.33. The molecule has 102 valence electrons. The molecule has 0 saturated carbocycles. The van der Waals surface area contributed by atoms with E-state index in [1.54, 1.807) is 7.11 Å². The number of likely N-dealkylation sites (N-methyl/N-ethyl adjacent to an activating group) is 1. The summed E-state index contributed by atoms with van der Waals surface area (Å²) in [6, 6.07) is 0. The summed E-state index contributed by atoms with van der Waals surface area (Å²) in [6.45, 7) is 7.01. The molecule has 1 N–H and O–H groups in total. The lowest BCUT2D eigenvalue weighted by atomic mass is 10.3. The minimum absolute atomic E-state index is 0.322. The van der Waals surface area contributed by atoms with Gasteiger partial charge in [-0.2, -0.15) is 0 Å². The Morgan fingerprint density at radius 3 is 2.94 bits per heavy atom. The van der Waals surface area contributed by atoms with Crippen LogP contribution >= 0.6 is 0 Å². The number of nitrogens with zero attached hydrogens (tertiary/aromatic N) is 1. The van der Waals surface area contributed by atoms with Gasteiger partial charge in [0.15, 0.2) is 0 Å². The van der Waals surface area contributed by atoms with Gasteiger partial charge in [-0.25, -0.2) is 0 Å². The number of morpholine rings is 1. The molecule has 1 aliphatic heterocycles. The van der Waals surface area contributed by atoms with Gasteiger partial charge in [0.2, 0.25) is 0 Å². The van der Waals surface area contributed by atoms with Crippen LogP contribution in [0.2, 0.25) is 0 Å². The number of hydrogen-bond donors (Lipinski definition) is 1. The maximum Gasteiger partial charge on any atom is 0.0826 e. The number of hydrogen-bond acceptors (Lipinski definition) is 5. The van der Waals surface area contributed by atoms with Crippen LogP contribution in [0.4, 0.5) is 0 Å². The lowest BCUT2D eigenvalue weighted by Crippen LogP contribution is -2.44. The number of methoxy groups -OCH3 is 1. The molecule has 1 heterocycles. The lowest BCUT2D eigenvalue weighted by molar-refractivity contribution is 0.00445. The first-order valence-electron chi connectivity index (χ1n) is 6.40. The zero-order chi connectivity index (χ0) is 12.3. The average Bonchev–Trinajstić information content (AvgIpc) is 2.35. The van der Waals surface area contributed by atoms with E-state index in [4.69, 9.17) is 14.2 Å². The molecule has 0 aliphatic carbocycles. The largest absolute Gasteiger partial charge is 0.385 e. The molecular formula is C12H26N2O3. The summed E-state index contributed by atoms with van der Waals surface area (Å²) in [6.07, 6.45) is 1.29. The molecule has 1 fully saturated rings. The third kappa shape index (κ3) is 7.68. The van der Waals surface area contributed by atoms with Gasteiger partial charge in [0, 0.05) is 46.5 Å². The molecule has 1 rings (SSSR count). The van der Waals surface area contributed by atoms with E-state index in [2.05, 4.69) is 17.3 Å². The molecule has 0 radical (unpaired) electrons. The third-order valence-corrected chi connectivity index (χ3v) is 2.77. The summed E-state index contributed by atoms with van der Waals surface area (Å²) >= 11 is 0. The Bertz CT molecular complexity index is 175. The minimum atomic E-state index is 0.322. The van der Waals surface area contributed by atoms with Crippen LogP contribution < -0.4 is 5.32 Å². The fraction of sp³-hybridized carbons (Fsp3) is 1.00. The summed E-state index contributed by atoms with van der Waals surface area (Å²) in [4.78, 5) is 2.26. The third-order valence-electron chi connectivity index (χ3n) is 2.77. The van der Waals surface area contributed by atoms with Crippen molar-refractivity contribution in [1.82, 2.24) is 10.2 Å². The topological polar surface area (TPSA) is 43.0 Å². The fourth-order valence-electron chi connectivity index (χ4n) is 1.80. The van der Waals surface area contributed by atoms with Crippen molar-refractivity contribution >= 4 is 0 Å². The number of nitrogens with one attached hydrogen (secondary N) is 1. The fourth-order valence-corrected chi connectivity index (χ4v) is 1.80. The van der Waals surface area contributed by atoms with Crippen LogP contribution in [0.3, 0.4) is 0 Å². The van der Waals surface area contributed by atoms with Crippen LogP contribution in [0.1, 0.15) is 6.42 Å². The van der Waals surface area contributed by atoms with E-state index >= 15 is 0 Å². The van der Waals surface area contributed by atoms with Gasteiger partial charge in [0.25, 0.3) is 0 Å². The summed E-state index contributed by atoms with van der Waals surface area (Å²) in [5.74, 6) is 0. The Labute approximate surface area is 104 Å². The monoisotopic (exact) mass is 246 g/mol. The maximum atomic E-state index is 5.65. The molecule has 1 saturated heterocycles. The Hall–Kier alpha value is -0.200. The Kier molecular flexibility index (Phi) is 8.56. The second-order valence-corrected chi connectivity index (χ2v) is 4.42. The van der Waals surface area contributed by atoms with Crippen molar-refractivity contribution in [2.75, 3.05) is 66.8 Å². The Balaban J connectivity index is 1.91. The number of rotatable bonds is 9. The first kappa shape index (κ1) is 14.9. The minimum Gasteiger partial charge on any atom is -0.385 e. The molecule has 1 aliphatic rings. The van der Waals surface area contributed by atoms with Crippen molar-refractivity contribution in [3.63, 3.8) is 0 Å².